The number of nitrogens with zero attached hydrogens (tertiary/aromatic N) is 1. The van der Waals surface area contributed by atoms with Crippen molar-refractivity contribution in [1.82, 2.24) is 5.32 Å². The Balaban J connectivity index is 1.90. The van der Waals surface area contributed by atoms with Crippen LogP contribution in [0.4, 0.5) is 0 Å². The van der Waals surface area contributed by atoms with Crippen LogP contribution in [0.15, 0.2) is 30.8 Å². The summed E-state index contributed by atoms with van der Waals surface area (Å²) in [6.45, 7) is 9.34. The lowest BCUT2D eigenvalue weighted by Crippen LogP contribution is -2.41. The molecule has 1 aromatic rings. The first-order chi connectivity index (χ1) is 17.5. The zero-order valence-corrected chi connectivity index (χ0v) is 24.4. The van der Waals surface area contributed by atoms with Crippen molar-refractivity contribution in [3.63, 3.8) is 0 Å². The smallest absolute Gasteiger partial charge is 0.105 e. The van der Waals surface area contributed by atoms with Crippen molar-refractivity contribution in [1.29, 1.82) is 0 Å². The molecule has 3 nitrogen and oxygen atoms in total. The van der Waals surface area contributed by atoms with E-state index in [1.807, 2.05) is 6.08 Å². The van der Waals surface area contributed by atoms with Crippen molar-refractivity contribution in [3.8, 4) is 0 Å². The van der Waals surface area contributed by atoms with Crippen LogP contribution >= 0.6 is 0 Å². The van der Waals surface area contributed by atoms with Gasteiger partial charge in [-0.25, -0.2) is 0 Å². The molecule has 36 heavy (non-hydrogen) atoms. The van der Waals surface area contributed by atoms with Crippen LogP contribution in [0.5, 0.6) is 0 Å². The largest absolute Gasteiger partial charge is 0.379 e. The van der Waals surface area contributed by atoms with Crippen molar-refractivity contribution in [2.24, 2.45) is 0 Å². The molecular weight excluding hydrogens is 440 g/mol. The van der Waals surface area contributed by atoms with Gasteiger partial charge in [-0.05, 0) is 49.7 Å². The number of aliphatic hydroxyl groups is 1. The molecule has 1 atom stereocenters. The second-order valence-corrected chi connectivity index (χ2v) is 11.7. The molecule has 1 rings (SSSR count). The summed E-state index contributed by atoms with van der Waals surface area (Å²) in [7, 11) is 4.77. The van der Waals surface area contributed by atoms with Crippen LogP contribution in [-0.2, 0) is 6.54 Å². The third-order valence-corrected chi connectivity index (χ3v) is 7.62. The van der Waals surface area contributed by atoms with Crippen LogP contribution in [-0.4, -0.2) is 43.0 Å². The Kier molecular flexibility index (Phi) is 20.0. The fraction of sp³-hybridized carbons (Fsp3) is 0.758. The van der Waals surface area contributed by atoms with Gasteiger partial charge in [-0.3, -0.25) is 5.32 Å². The van der Waals surface area contributed by atoms with Gasteiger partial charge in [-0.15, -0.1) is 0 Å². The highest BCUT2D eigenvalue weighted by atomic mass is 16.3. The molecule has 0 saturated heterocycles. The topological polar surface area (TPSA) is 32.3 Å². The Morgan fingerprint density at radius 2 is 1.17 bits per heavy atom. The Morgan fingerprint density at radius 3 is 1.64 bits per heavy atom. The molecule has 2 N–H and O–H groups in total. The van der Waals surface area contributed by atoms with Crippen molar-refractivity contribution in [2.75, 3.05) is 27.2 Å². The summed E-state index contributed by atoms with van der Waals surface area (Å²) in [5, 5.41) is 13.5. The molecule has 0 aliphatic carbocycles. The number of hydrogen-bond donors (Lipinski definition) is 2. The van der Waals surface area contributed by atoms with E-state index in [2.05, 4.69) is 57.2 Å². The van der Waals surface area contributed by atoms with Gasteiger partial charge in [0, 0.05) is 6.54 Å². The first kappa shape index (κ1) is 32.9. The molecule has 1 aromatic carbocycles. The average Bonchev–Trinajstić information content (AvgIpc) is 2.87. The van der Waals surface area contributed by atoms with Gasteiger partial charge < -0.3 is 9.59 Å². The normalized spacial score (nSPS) is 12.7. The minimum Gasteiger partial charge on any atom is -0.379 e. The van der Waals surface area contributed by atoms with Gasteiger partial charge in [0.05, 0.1) is 27.2 Å². The molecule has 0 bridgehead atoms. The maximum Gasteiger partial charge on any atom is 0.105 e. The fourth-order valence-electron chi connectivity index (χ4n) is 5.01. The standard InChI is InChI=1S/C33H61N2O/c1-5-7-8-9-10-11-12-13-14-15-16-17-18-21-28-35(3,4)29-22-19-20-23-33(36)34-30-32-26-24-31(6-2)25-27-32/h6,24-27,33-34,36H,2,5,7-23,28-30H2,1,3-4H3/q+1. The first-order valence-corrected chi connectivity index (χ1v) is 15.4. The summed E-state index contributed by atoms with van der Waals surface area (Å²) >= 11 is 0. The molecule has 0 radical (unpaired) electrons. The molecule has 3 heteroatoms. The van der Waals surface area contributed by atoms with Crippen LogP contribution in [0, 0.1) is 0 Å². The van der Waals surface area contributed by atoms with Crippen LogP contribution < -0.4 is 5.32 Å². The summed E-state index contributed by atoms with van der Waals surface area (Å²) in [6.07, 6.45) is 25.8. The molecule has 0 amide bonds. The second-order valence-electron chi connectivity index (χ2n) is 11.7. The number of benzene rings is 1. The number of rotatable bonds is 25. The fourth-order valence-corrected chi connectivity index (χ4v) is 5.01. The van der Waals surface area contributed by atoms with Gasteiger partial charge in [-0.2, -0.15) is 0 Å². The third kappa shape index (κ3) is 19.0. The minimum atomic E-state index is -0.415. The van der Waals surface area contributed by atoms with E-state index < -0.39 is 6.23 Å². The molecule has 208 valence electrons. The maximum atomic E-state index is 10.2. The molecule has 0 heterocycles. The predicted molar refractivity (Wildman–Crippen MR) is 160 cm³/mol. The summed E-state index contributed by atoms with van der Waals surface area (Å²) < 4.78 is 1.14. The molecular formula is C33H61N2O+. The highest BCUT2D eigenvalue weighted by molar-refractivity contribution is 5.47. The number of hydrogen-bond acceptors (Lipinski definition) is 2. The van der Waals surface area contributed by atoms with E-state index in [1.54, 1.807) is 0 Å². The third-order valence-electron chi connectivity index (χ3n) is 7.62. The van der Waals surface area contributed by atoms with Gasteiger partial charge in [0.25, 0.3) is 0 Å². The predicted octanol–water partition coefficient (Wildman–Crippen LogP) is 8.86. The monoisotopic (exact) mass is 501 g/mol. The number of aliphatic hydroxyl groups excluding tert-OH is 1. The lowest BCUT2D eigenvalue weighted by Gasteiger charge is -2.30. The molecule has 0 aliphatic rings. The van der Waals surface area contributed by atoms with Crippen LogP contribution in [0.25, 0.3) is 6.08 Å². The number of quaternary nitrogens is 1. The summed E-state index contributed by atoms with van der Waals surface area (Å²) in [4.78, 5) is 0. The lowest BCUT2D eigenvalue weighted by molar-refractivity contribution is -0.890. The minimum absolute atomic E-state index is 0.415. The quantitative estimate of drug-likeness (QED) is 0.0796. The van der Waals surface area contributed by atoms with Crippen molar-refractivity contribution in [2.45, 2.75) is 135 Å². The molecule has 0 saturated carbocycles. The van der Waals surface area contributed by atoms with Crippen LogP contribution in [0.1, 0.15) is 134 Å². The molecule has 0 fully saturated rings. The zero-order chi connectivity index (χ0) is 26.3. The highest BCUT2D eigenvalue weighted by Crippen LogP contribution is 2.14. The van der Waals surface area contributed by atoms with E-state index in [1.165, 1.54) is 121 Å². The van der Waals surface area contributed by atoms with Crippen LogP contribution in [0.2, 0.25) is 0 Å². The molecule has 0 aliphatic heterocycles. The molecule has 0 aromatic heterocycles. The second kappa shape index (κ2) is 21.9. The number of unbranched alkanes of at least 4 members (excludes halogenated alkanes) is 15. The van der Waals surface area contributed by atoms with Crippen molar-refractivity contribution < 1.29 is 9.59 Å². The van der Waals surface area contributed by atoms with Gasteiger partial charge >= 0.3 is 0 Å². The van der Waals surface area contributed by atoms with Gasteiger partial charge in [0.2, 0.25) is 0 Å². The van der Waals surface area contributed by atoms with Gasteiger partial charge in [0.1, 0.15) is 6.23 Å². The van der Waals surface area contributed by atoms with E-state index in [4.69, 9.17) is 0 Å². The maximum absolute atomic E-state index is 10.2. The van der Waals surface area contributed by atoms with Crippen molar-refractivity contribution in [3.05, 3.63) is 42.0 Å². The van der Waals surface area contributed by atoms with Crippen LogP contribution in [0.3, 0.4) is 0 Å². The zero-order valence-electron chi connectivity index (χ0n) is 24.4. The SMILES string of the molecule is C=Cc1ccc(CNC(O)CCCCC[N+](C)(C)CCCCCCCCCCCCCCCC)cc1. The first-order valence-electron chi connectivity index (χ1n) is 15.4. The van der Waals surface area contributed by atoms with Crippen molar-refractivity contribution >= 4 is 6.08 Å². The van der Waals surface area contributed by atoms with Gasteiger partial charge in [0.15, 0.2) is 0 Å². The molecule has 0 spiro atoms. The Bertz CT molecular complexity index is 625. The van der Waals surface area contributed by atoms with E-state index in [0.29, 0.717) is 6.54 Å². The van der Waals surface area contributed by atoms with E-state index in [9.17, 15) is 5.11 Å². The number of nitrogens with one attached hydrogen (secondary N) is 1. The lowest BCUT2D eigenvalue weighted by atomic mass is 10.0. The highest BCUT2D eigenvalue weighted by Gasteiger charge is 2.14. The Labute approximate surface area is 225 Å². The summed E-state index contributed by atoms with van der Waals surface area (Å²) in [6, 6.07) is 8.31. The Hall–Kier alpha value is -1.16. The average molecular weight is 502 g/mol. The summed E-state index contributed by atoms with van der Waals surface area (Å²) in [5.41, 5.74) is 2.33. The Morgan fingerprint density at radius 1 is 0.722 bits per heavy atom. The van der Waals surface area contributed by atoms with E-state index >= 15 is 0 Å². The van der Waals surface area contributed by atoms with Gasteiger partial charge in [-0.1, -0.05) is 121 Å². The van der Waals surface area contributed by atoms with E-state index in [-0.39, 0.29) is 0 Å². The molecule has 1 unspecified atom stereocenters. The summed E-state index contributed by atoms with van der Waals surface area (Å²) in [5.74, 6) is 0. The van der Waals surface area contributed by atoms with E-state index in [0.717, 1.165) is 22.9 Å².